The number of hydrogen-bond donors (Lipinski definition) is 2. The number of rotatable bonds is 3. The normalized spacial score (nSPS) is 10.7. The second kappa shape index (κ2) is 4.62. The van der Waals surface area contributed by atoms with Crippen molar-refractivity contribution in [3.63, 3.8) is 0 Å². The van der Waals surface area contributed by atoms with Crippen LogP contribution in [0.25, 0.3) is 10.9 Å². The lowest BCUT2D eigenvalue weighted by molar-refractivity contribution is 0.0953. The predicted octanol–water partition coefficient (Wildman–Crippen LogP) is 2.55. The van der Waals surface area contributed by atoms with E-state index in [1.807, 2.05) is 24.3 Å². The van der Waals surface area contributed by atoms with Gasteiger partial charge in [0.05, 0.1) is 17.6 Å². The van der Waals surface area contributed by atoms with Gasteiger partial charge in [-0.05, 0) is 6.07 Å². The molecule has 0 aliphatic rings. The first-order valence-corrected chi connectivity index (χ1v) is 6.44. The number of carbonyl (C=O) groups is 1. The van der Waals surface area contributed by atoms with E-state index in [2.05, 4.69) is 15.3 Å². The smallest absolute Gasteiger partial charge is 0.253 e. The fourth-order valence-corrected chi connectivity index (χ4v) is 2.39. The van der Waals surface area contributed by atoms with Crippen LogP contribution in [0.5, 0.6) is 0 Å². The van der Waals surface area contributed by atoms with Gasteiger partial charge in [-0.15, -0.1) is 11.3 Å². The highest BCUT2D eigenvalue weighted by atomic mass is 32.1. The Morgan fingerprint density at radius 3 is 3.11 bits per heavy atom. The van der Waals surface area contributed by atoms with E-state index in [0.29, 0.717) is 12.1 Å². The molecular weight excluding hydrogens is 246 g/mol. The highest BCUT2D eigenvalue weighted by Gasteiger charge is 2.11. The number of nitrogens with zero attached hydrogens (tertiary/aromatic N) is 1. The lowest BCUT2D eigenvalue weighted by Gasteiger charge is -2.01. The molecule has 0 unspecified atom stereocenters. The molecule has 0 radical (unpaired) electrons. The topological polar surface area (TPSA) is 57.8 Å². The quantitative estimate of drug-likeness (QED) is 0.757. The molecule has 5 heteroatoms. The largest absolute Gasteiger partial charge is 0.360 e. The number of benzene rings is 1. The zero-order chi connectivity index (χ0) is 12.4. The monoisotopic (exact) mass is 257 g/mol. The Labute approximate surface area is 108 Å². The molecular formula is C13H11N3OS. The zero-order valence-corrected chi connectivity index (χ0v) is 10.3. The third kappa shape index (κ3) is 2.00. The second-order valence-electron chi connectivity index (χ2n) is 3.90. The van der Waals surface area contributed by atoms with Crippen molar-refractivity contribution in [3.8, 4) is 0 Å². The fraction of sp³-hybridized carbons (Fsp3) is 0.0769. The Hall–Kier alpha value is -2.14. The third-order valence-corrected chi connectivity index (χ3v) is 3.52. The number of H-pyrrole nitrogens is 1. The van der Waals surface area contributed by atoms with Gasteiger partial charge >= 0.3 is 0 Å². The second-order valence-corrected chi connectivity index (χ2v) is 4.87. The van der Waals surface area contributed by atoms with Gasteiger partial charge in [0.1, 0.15) is 0 Å². The van der Waals surface area contributed by atoms with Crippen molar-refractivity contribution in [2.45, 2.75) is 6.54 Å². The van der Waals surface area contributed by atoms with Crippen LogP contribution in [0.3, 0.4) is 0 Å². The Balaban J connectivity index is 1.80. The Morgan fingerprint density at radius 2 is 2.28 bits per heavy atom. The SMILES string of the molecule is O=C(NCc1cncs1)c1c[nH]c2ccccc12. The molecule has 3 aromatic rings. The summed E-state index contributed by atoms with van der Waals surface area (Å²) in [5.41, 5.74) is 3.41. The van der Waals surface area contributed by atoms with E-state index in [4.69, 9.17) is 0 Å². The van der Waals surface area contributed by atoms with E-state index >= 15 is 0 Å². The predicted molar refractivity (Wildman–Crippen MR) is 71.6 cm³/mol. The van der Waals surface area contributed by atoms with E-state index in [9.17, 15) is 4.79 Å². The Kier molecular flexibility index (Phi) is 2.82. The first-order chi connectivity index (χ1) is 8.84. The summed E-state index contributed by atoms with van der Waals surface area (Å²) >= 11 is 1.53. The van der Waals surface area contributed by atoms with Gasteiger partial charge in [0.25, 0.3) is 5.91 Å². The minimum absolute atomic E-state index is 0.0687. The molecule has 0 atom stereocenters. The van der Waals surface area contributed by atoms with Gasteiger partial charge in [0, 0.05) is 28.2 Å². The van der Waals surface area contributed by atoms with Crippen LogP contribution in [0.15, 0.2) is 42.2 Å². The van der Waals surface area contributed by atoms with Gasteiger partial charge in [-0.2, -0.15) is 0 Å². The van der Waals surface area contributed by atoms with Gasteiger partial charge in [-0.3, -0.25) is 9.78 Å². The lowest BCUT2D eigenvalue weighted by Crippen LogP contribution is -2.21. The van der Waals surface area contributed by atoms with Crippen LogP contribution in [-0.4, -0.2) is 15.9 Å². The molecule has 1 amide bonds. The molecule has 90 valence electrons. The van der Waals surface area contributed by atoms with Crippen LogP contribution < -0.4 is 5.32 Å². The van der Waals surface area contributed by atoms with Crippen molar-refractivity contribution >= 4 is 28.1 Å². The van der Waals surface area contributed by atoms with Crippen LogP contribution in [0.4, 0.5) is 0 Å². The molecule has 3 rings (SSSR count). The molecule has 0 aliphatic heterocycles. The molecule has 0 bridgehead atoms. The highest BCUT2D eigenvalue weighted by molar-refractivity contribution is 7.09. The molecule has 0 fully saturated rings. The summed E-state index contributed by atoms with van der Waals surface area (Å²) in [6.07, 6.45) is 3.51. The van der Waals surface area contributed by atoms with Gasteiger partial charge in [-0.25, -0.2) is 0 Å². The van der Waals surface area contributed by atoms with Crippen molar-refractivity contribution in [1.29, 1.82) is 0 Å². The van der Waals surface area contributed by atoms with Gasteiger partial charge in [0.15, 0.2) is 0 Å². The molecule has 0 spiro atoms. The standard InChI is InChI=1S/C13H11N3OS/c17-13(16-6-9-5-14-8-18-9)11-7-15-12-4-2-1-3-10(11)12/h1-5,7-8,15H,6H2,(H,16,17). The highest BCUT2D eigenvalue weighted by Crippen LogP contribution is 2.17. The molecule has 1 aromatic carbocycles. The van der Waals surface area contributed by atoms with Crippen LogP contribution >= 0.6 is 11.3 Å². The first kappa shape index (κ1) is 11.0. The molecule has 2 N–H and O–H groups in total. The summed E-state index contributed by atoms with van der Waals surface area (Å²) in [7, 11) is 0. The summed E-state index contributed by atoms with van der Waals surface area (Å²) in [6, 6.07) is 7.76. The van der Waals surface area contributed by atoms with E-state index in [-0.39, 0.29) is 5.91 Å². The van der Waals surface area contributed by atoms with E-state index < -0.39 is 0 Å². The average molecular weight is 257 g/mol. The van der Waals surface area contributed by atoms with E-state index in [1.54, 1.807) is 17.9 Å². The van der Waals surface area contributed by atoms with Crippen LogP contribution in [0.1, 0.15) is 15.2 Å². The fourth-order valence-electron chi connectivity index (χ4n) is 1.85. The number of aromatic nitrogens is 2. The summed E-state index contributed by atoms with van der Waals surface area (Å²) in [5.74, 6) is -0.0687. The Bertz CT molecular complexity index is 672. The maximum atomic E-state index is 12.1. The molecule has 0 saturated heterocycles. The number of carbonyl (C=O) groups excluding carboxylic acids is 1. The number of hydrogen-bond acceptors (Lipinski definition) is 3. The number of amides is 1. The molecule has 2 heterocycles. The minimum Gasteiger partial charge on any atom is -0.360 e. The number of fused-ring (bicyclic) bond motifs is 1. The van der Waals surface area contributed by atoms with Crippen molar-refractivity contribution in [2.24, 2.45) is 0 Å². The number of para-hydroxylation sites is 1. The number of nitrogens with one attached hydrogen (secondary N) is 2. The summed E-state index contributed by atoms with van der Waals surface area (Å²) in [5, 5.41) is 3.83. The first-order valence-electron chi connectivity index (χ1n) is 5.56. The number of aromatic amines is 1. The van der Waals surface area contributed by atoms with Crippen molar-refractivity contribution in [2.75, 3.05) is 0 Å². The molecule has 0 aliphatic carbocycles. The molecule has 0 saturated carbocycles. The lowest BCUT2D eigenvalue weighted by atomic mass is 10.1. The van der Waals surface area contributed by atoms with Crippen molar-refractivity contribution in [1.82, 2.24) is 15.3 Å². The average Bonchev–Trinajstić information content (AvgIpc) is 3.05. The van der Waals surface area contributed by atoms with Crippen molar-refractivity contribution in [3.05, 3.63) is 52.6 Å². The maximum absolute atomic E-state index is 12.1. The van der Waals surface area contributed by atoms with E-state index in [0.717, 1.165) is 15.8 Å². The van der Waals surface area contributed by atoms with Crippen LogP contribution in [-0.2, 0) is 6.54 Å². The zero-order valence-electron chi connectivity index (χ0n) is 9.51. The summed E-state index contributed by atoms with van der Waals surface area (Å²) in [4.78, 5) is 20.2. The molecule has 4 nitrogen and oxygen atoms in total. The van der Waals surface area contributed by atoms with Gasteiger partial charge < -0.3 is 10.3 Å². The van der Waals surface area contributed by atoms with E-state index in [1.165, 1.54) is 11.3 Å². The Morgan fingerprint density at radius 1 is 1.39 bits per heavy atom. The maximum Gasteiger partial charge on any atom is 0.253 e. The van der Waals surface area contributed by atoms with Crippen molar-refractivity contribution < 1.29 is 4.79 Å². The number of thiazole rings is 1. The summed E-state index contributed by atoms with van der Waals surface area (Å²) in [6.45, 7) is 0.517. The van der Waals surface area contributed by atoms with Crippen LogP contribution in [0, 0.1) is 0 Å². The third-order valence-electron chi connectivity index (χ3n) is 2.74. The van der Waals surface area contributed by atoms with Crippen LogP contribution in [0.2, 0.25) is 0 Å². The molecule has 18 heavy (non-hydrogen) atoms. The summed E-state index contributed by atoms with van der Waals surface area (Å²) < 4.78 is 0. The van der Waals surface area contributed by atoms with Gasteiger partial charge in [-0.1, -0.05) is 18.2 Å². The minimum atomic E-state index is -0.0687. The van der Waals surface area contributed by atoms with Gasteiger partial charge in [0.2, 0.25) is 0 Å². The molecule has 2 aromatic heterocycles.